The zero-order chi connectivity index (χ0) is 24.0. The van der Waals surface area contributed by atoms with Crippen molar-refractivity contribution in [3.8, 4) is 11.9 Å². The Morgan fingerprint density at radius 2 is 2.06 bits per heavy atom. The van der Waals surface area contributed by atoms with Crippen molar-refractivity contribution in [2.75, 3.05) is 38.3 Å². The zero-order valence-corrected chi connectivity index (χ0v) is 19.4. The van der Waals surface area contributed by atoms with E-state index in [9.17, 15) is 9.18 Å². The van der Waals surface area contributed by atoms with Gasteiger partial charge in [0.1, 0.15) is 23.8 Å². The molecule has 8 nitrogen and oxygen atoms in total. The third-order valence-corrected chi connectivity index (χ3v) is 5.06. The molecule has 1 atom stereocenters. The van der Waals surface area contributed by atoms with Gasteiger partial charge in [-0.25, -0.2) is 9.18 Å². The predicted octanol–water partition coefficient (Wildman–Crippen LogP) is 3.74. The number of hydrogen-bond acceptors (Lipinski definition) is 7. The minimum atomic E-state index is -0.576. The standard InChI is InChI=1S/C24H29FN4O4/c1-24(2,3)33-23(30)29-11-10-28(14-19(29)16-31-4)21-6-5-7-22(27-21)32-15-18-9-8-17(13-26)12-20(18)25/h5-9,12,19H,10-11,14-16H2,1-4H3/t19-/m1/s1. The highest BCUT2D eigenvalue weighted by Gasteiger charge is 2.33. The third kappa shape index (κ3) is 6.56. The molecule has 9 heteroatoms. The minimum Gasteiger partial charge on any atom is -0.473 e. The first kappa shape index (κ1) is 24.3. The van der Waals surface area contributed by atoms with Crippen LogP contribution < -0.4 is 9.64 Å². The summed E-state index contributed by atoms with van der Waals surface area (Å²) < 4.78 is 30.7. The normalized spacial score (nSPS) is 16.3. The molecule has 0 radical (unpaired) electrons. The number of piperazine rings is 1. The Kier molecular flexibility index (Phi) is 7.71. The smallest absolute Gasteiger partial charge is 0.410 e. The maximum atomic E-state index is 14.1. The molecule has 0 saturated carbocycles. The Labute approximate surface area is 193 Å². The van der Waals surface area contributed by atoms with Crippen LogP contribution in [0.2, 0.25) is 0 Å². The highest BCUT2D eigenvalue weighted by molar-refractivity contribution is 5.69. The van der Waals surface area contributed by atoms with Crippen LogP contribution in [0.4, 0.5) is 15.0 Å². The molecule has 1 aromatic carbocycles. The molecule has 0 N–H and O–H groups in total. The number of halogens is 1. The van der Waals surface area contributed by atoms with Gasteiger partial charge in [0.05, 0.1) is 24.3 Å². The average Bonchev–Trinajstić information content (AvgIpc) is 2.77. The summed E-state index contributed by atoms with van der Waals surface area (Å²) in [5.74, 6) is 0.553. The molecule has 33 heavy (non-hydrogen) atoms. The number of anilines is 1. The number of carbonyl (C=O) groups is 1. The number of nitrogens with zero attached hydrogens (tertiary/aromatic N) is 4. The number of amides is 1. The monoisotopic (exact) mass is 456 g/mol. The Morgan fingerprint density at radius 1 is 1.27 bits per heavy atom. The van der Waals surface area contributed by atoms with Crippen molar-refractivity contribution in [3.63, 3.8) is 0 Å². The van der Waals surface area contributed by atoms with E-state index in [1.807, 2.05) is 39.0 Å². The maximum absolute atomic E-state index is 14.1. The summed E-state index contributed by atoms with van der Waals surface area (Å²) in [4.78, 5) is 20.9. The van der Waals surface area contributed by atoms with E-state index >= 15 is 0 Å². The van der Waals surface area contributed by atoms with Crippen molar-refractivity contribution in [1.82, 2.24) is 9.88 Å². The third-order valence-electron chi connectivity index (χ3n) is 5.06. The molecular weight excluding hydrogens is 427 g/mol. The van der Waals surface area contributed by atoms with E-state index < -0.39 is 11.4 Å². The van der Waals surface area contributed by atoms with Crippen LogP contribution in [0.15, 0.2) is 36.4 Å². The van der Waals surface area contributed by atoms with E-state index in [2.05, 4.69) is 9.88 Å². The number of methoxy groups -OCH3 is 1. The highest BCUT2D eigenvalue weighted by atomic mass is 19.1. The van der Waals surface area contributed by atoms with Gasteiger partial charge < -0.3 is 19.1 Å². The largest absolute Gasteiger partial charge is 0.473 e. The van der Waals surface area contributed by atoms with Gasteiger partial charge in [0, 0.05) is 38.4 Å². The summed E-state index contributed by atoms with van der Waals surface area (Å²) in [5, 5.41) is 8.86. The number of nitriles is 1. The Hall–Kier alpha value is -3.38. The van der Waals surface area contributed by atoms with Crippen LogP contribution in [0.5, 0.6) is 5.88 Å². The van der Waals surface area contributed by atoms with E-state index in [4.69, 9.17) is 19.5 Å². The van der Waals surface area contributed by atoms with Gasteiger partial charge in [-0.3, -0.25) is 4.90 Å². The molecule has 2 heterocycles. The van der Waals surface area contributed by atoms with Crippen LogP contribution in [0.25, 0.3) is 0 Å². The van der Waals surface area contributed by atoms with Crippen molar-refractivity contribution in [2.45, 2.75) is 39.0 Å². The number of pyridine rings is 1. The average molecular weight is 457 g/mol. The molecule has 1 fully saturated rings. The number of carbonyl (C=O) groups excluding carboxylic acids is 1. The number of aromatic nitrogens is 1. The SMILES string of the molecule is COC[C@H]1CN(c2cccc(OCc3ccc(C#N)cc3F)n2)CCN1C(=O)OC(C)(C)C. The lowest BCUT2D eigenvalue weighted by molar-refractivity contribution is 0.00337. The maximum Gasteiger partial charge on any atom is 0.410 e. The van der Waals surface area contributed by atoms with Gasteiger partial charge in [-0.05, 0) is 39.0 Å². The van der Waals surface area contributed by atoms with Crippen LogP contribution >= 0.6 is 0 Å². The second-order valence-corrected chi connectivity index (χ2v) is 8.77. The van der Waals surface area contributed by atoms with E-state index in [1.165, 1.54) is 12.1 Å². The fourth-order valence-electron chi connectivity index (χ4n) is 3.51. The number of ether oxygens (including phenoxy) is 3. The van der Waals surface area contributed by atoms with Crippen LogP contribution in [-0.2, 0) is 16.1 Å². The lowest BCUT2D eigenvalue weighted by atomic mass is 10.1. The Bertz CT molecular complexity index is 1020. The molecule has 1 saturated heterocycles. The van der Waals surface area contributed by atoms with E-state index in [0.29, 0.717) is 43.5 Å². The van der Waals surface area contributed by atoms with Crippen molar-refractivity contribution < 1.29 is 23.4 Å². The molecule has 3 rings (SSSR count). The first-order valence-electron chi connectivity index (χ1n) is 10.7. The van der Waals surface area contributed by atoms with Gasteiger partial charge >= 0.3 is 6.09 Å². The Balaban J connectivity index is 1.67. The molecular formula is C24H29FN4O4. The molecule has 1 aliphatic heterocycles. The summed E-state index contributed by atoms with van der Waals surface area (Å²) in [6, 6.07) is 11.4. The second kappa shape index (κ2) is 10.5. The fourth-order valence-corrected chi connectivity index (χ4v) is 3.51. The van der Waals surface area contributed by atoms with Crippen molar-refractivity contribution in [1.29, 1.82) is 5.26 Å². The van der Waals surface area contributed by atoms with Crippen LogP contribution in [0.3, 0.4) is 0 Å². The summed E-state index contributed by atoms with van der Waals surface area (Å²) >= 11 is 0. The molecule has 0 unspecified atom stereocenters. The molecule has 2 aromatic rings. The summed E-state index contributed by atoms with van der Waals surface area (Å²) in [7, 11) is 1.60. The molecule has 176 valence electrons. The quantitative estimate of drug-likeness (QED) is 0.654. The van der Waals surface area contributed by atoms with Gasteiger partial charge in [0.15, 0.2) is 0 Å². The Morgan fingerprint density at radius 3 is 2.73 bits per heavy atom. The second-order valence-electron chi connectivity index (χ2n) is 8.77. The zero-order valence-electron chi connectivity index (χ0n) is 19.4. The molecule has 0 aliphatic carbocycles. The molecule has 0 bridgehead atoms. The lowest BCUT2D eigenvalue weighted by Crippen LogP contribution is -2.58. The summed E-state index contributed by atoms with van der Waals surface area (Å²) in [6.07, 6.45) is -0.362. The van der Waals surface area contributed by atoms with Crippen molar-refractivity contribution in [2.24, 2.45) is 0 Å². The molecule has 1 aliphatic rings. The molecule has 0 spiro atoms. The number of hydrogen-bond donors (Lipinski definition) is 0. The number of benzene rings is 1. The number of rotatable bonds is 6. The van der Waals surface area contributed by atoms with E-state index in [-0.39, 0.29) is 24.3 Å². The topological polar surface area (TPSA) is 87.9 Å². The lowest BCUT2D eigenvalue weighted by Gasteiger charge is -2.41. The van der Waals surface area contributed by atoms with Gasteiger partial charge in [0.25, 0.3) is 0 Å². The van der Waals surface area contributed by atoms with E-state index in [1.54, 1.807) is 24.1 Å². The van der Waals surface area contributed by atoms with Gasteiger partial charge in [-0.1, -0.05) is 12.1 Å². The van der Waals surface area contributed by atoms with Crippen LogP contribution in [0, 0.1) is 17.1 Å². The summed E-state index contributed by atoms with van der Waals surface area (Å²) in [6.45, 7) is 7.43. The predicted molar refractivity (Wildman–Crippen MR) is 121 cm³/mol. The van der Waals surface area contributed by atoms with Crippen LogP contribution in [0.1, 0.15) is 31.9 Å². The fraction of sp³-hybridized carbons (Fsp3) is 0.458. The minimum absolute atomic E-state index is 0.00723. The van der Waals surface area contributed by atoms with E-state index in [0.717, 1.165) is 0 Å². The van der Waals surface area contributed by atoms with Gasteiger partial charge in [-0.15, -0.1) is 0 Å². The molecule has 1 amide bonds. The first-order valence-corrected chi connectivity index (χ1v) is 10.7. The first-order chi connectivity index (χ1) is 15.7. The van der Waals surface area contributed by atoms with Crippen LogP contribution in [-0.4, -0.2) is 61.0 Å². The molecule has 1 aromatic heterocycles. The van der Waals surface area contributed by atoms with Crippen molar-refractivity contribution >= 4 is 11.9 Å². The summed E-state index contributed by atoms with van der Waals surface area (Å²) in [5.41, 5.74) is 0.0212. The highest BCUT2D eigenvalue weighted by Crippen LogP contribution is 2.23. The van der Waals surface area contributed by atoms with Gasteiger partial charge in [0.2, 0.25) is 5.88 Å². The van der Waals surface area contributed by atoms with Crippen molar-refractivity contribution in [3.05, 3.63) is 53.3 Å². The van der Waals surface area contributed by atoms with Gasteiger partial charge in [-0.2, -0.15) is 10.2 Å².